The van der Waals surface area contributed by atoms with Crippen LogP contribution in [0.3, 0.4) is 0 Å². The molecular weight excluding hydrogens is 420 g/mol. The highest BCUT2D eigenvalue weighted by Crippen LogP contribution is 2.30. The fraction of sp³-hybridized carbons (Fsp3) is 0.0526. The van der Waals surface area contributed by atoms with Gasteiger partial charge in [-0.15, -0.1) is 0 Å². The van der Waals surface area contributed by atoms with Crippen molar-refractivity contribution in [2.75, 3.05) is 7.11 Å². The summed E-state index contributed by atoms with van der Waals surface area (Å²) in [6, 6.07) is 14.4. The smallest absolute Gasteiger partial charge is 0.275 e. The molecule has 0 aliphatic rings. The van der Waals surface area contributed by atoms with Gasteiger partial charge in [0, 0.05) is 10.0 Å². The number of nitrogens with one attached hydrogen (secondary N) is 1. The average molecular weight is 434 g/mol. The first kappa shape index (κ1) is 18.2. The van der Waals surface area contributed by atoms with E-state index in [0.29, 0.717) is 21.3 Å². The van der Waals surface area contributed by atoms with Crippen LogP contribution in [-0.2, 0) is 0 Å². The van der Waals surface area contributed by atoms with E-state index in [1.165, 1.54) is 13.3 Å². The standard InChI is InChI=1S/C19H14BrClN2O3/c1-26-17-8-12-5-3-2-4-11(12)7-15(17)19(25)23-22-10-13-6-14(20)9-16(21)18(13)24/h2-10,24H,1H3,(H,23,25)/b22-10+. The number of carbonyl (C=O) groups is 1. The van der Waals surface area contributed by atoms with Gasteiger partial charge in [0.05, 0.1) is 23.9 Å². The minimum Gasteiger partial charge on any atom is -0.506 e. The molecule has 0 unspecified atom stereocenters. The van der Waals surface area contributed by atoms with Gasteiger partial charge >= 0.3 is 0 Å². The van der Waals surface area contributed by atoms with E-state index in [1.54, 1.807) is 24.3 Å². The molecule has 0 atom stereocenters. The van der Waals surface area contributed by atoms with Crippen LogP contribution in [0.4, 0.5) is 0 Å². The Bertz CT molecular complexity index is 1020. The second-order valence-corrected chi connectivity index (χ2v) is 6.75. The number of hydrazone groups is 1. The molecule has 0 bridgehead atoms. The Morgan fingerprint density at radius 2 is 1.92 bits per heavy atom. The van der Waals surface area contributed by atoms with Crippen LogP contribution in [0.15, 0.2) is 58.1 Å². The maximum absolute atomic E-state index is 12.5. The zero-order chi connectivity index (χ0) is 18.7. The van der Waals surface area contributed by atoms with E-state index in [9.17, 15) is 9.90 Å². The second kappa shape index (κ2) is 7.76. The van der Waals surface area contributed by atoms with Gasteiger partial charge in [0.2, 0.25) is 0 Å². The molecule has 132 valence electrons. The zero-order valence-electron chi connectivity index (χ0n) is 13.7. The number of aromatic hydroxyl groups is 1. The van der Waals surface area contributed by atoms with Gasteiger partial charge in [0.1, 0.15) is 11.5 Å². The summed E-state index contributed by atoms with van der Waals surface area (Å²) in [4.78, 5) is 12.5. The average Bonchev–Trinajstić information content (AvgIpc) is 2.64. The highest BCUT2D eigenvalue weighted by atomic mass is 79.9. The Hall–Kier alpha value is -2.57. The van der Waals surface area contributed by atoms with Crippen molar-refractivity contribution in [2.45, 2.75) is 0 Å². The number of nitrogens with zero attached hydrogens (tertiary/aromatic N) is 1. The van der Waals surface area contributed by atoms with Crippen molar-refractivity contribution in [3.8, 4) is 11.5 Å². The molecule has 1 amide bonds. The molecule has 0 heterocycles. The lowest BCUT2D eigenvalue weighted by Gasteiger charge is -2.09. The number of phenols is 1. The third kappa shape index (κ3) is 3.81. The molecule has 0 aromatic heterocycles. The molecule has 5 nitrogen and oxygen atoms in total. The maximum atomic E-state index is 12.5. The van der Waals surface area contributed by atoms with Gasteiger partial charge in [0.15, 0.2) is 0 Å². The minimum absolute atomic E-state index is 0.115. The van der Waals surface area contributed by atoms with Gasteiger partial charge in [-0.05, 0) is 35.0 Å². The van der Waals surface area contributed by atoms with Crippen LogP contribution >= 0.6 is 27.5 Å². The van der Waals surface area contributed by atoms with Gasteiger partial charge in [-0.3, -0.25) is 4.79 Å². The lowest BCUT2D eigenvalue weighted by molar-refractivity contribution is 0.0952. The molecule has 3 aromatic rings. The third-order valence-corrected chi connectivity index (χ3v) is 4.49. The summed E-state index contributed by atoms with van der Waals surface area (Å²) in [5, 5.41) is 15.9. The first-order chi connectivity index (χ1) is 12.5. The molecule has 3 rings (SSSR count). The van der Waals surface area contributed by atoms with Crippen molar-refractivity contribution < 1.29 is 14.6 Å². The van der Waals surface area contributed by atoms with Crippen molar-refractivity contribution >= 4 is 50.4 Å². The van der Waals surface area contributed by atoms with Crippen LogP contribution in [-0.4, -0.2) is 24.3 Å². The number of carbonyl (C=O) groups excluding carboxylic acids is 1. The summed E-state index contributed by atoms with van der Waals surface area (Å²) < 4.78 is 6.00. The summed E-state index contributed by atoms with van der Waals surface area (Å²) in [5.74, 6) is -0.0923. The van der Waals surface area contributed by atoms with E-state index in [2.05, 4.69) is 26.5 Å². The van der Waals surface area contributed by atoms with Gasteiger partial charge in [-0.2, -0.15) is 5.10 Å². The van der Waals surface area contributed by atoms with Crippen LogP contribution in [0, 0.1) is 0 Å². The summed E-state index contributed by atoms with van der Waals surface area (Å²) in [6.45, 7) is 0. The van der Waals surface area contributed by atoms with Crippen molar-refractivity contribution in [3.63, 3.8) is 0 Å². The van der Waals surface area contributed by atoms with Crippen LogP contribution in [0.2, 0.25) is 5.02 Å². The first-order valence-electron chi connectivity index (χ1n) is 7.58. The van der Waals surface area contributed by atoms with Crippen LogP contribution in [0.25, 0.3) is 10.8 Å². The number of methoxy groups -OCH3 is 1. The van der Waals surface area contributed by atoms with E-state index in [1.807, 2.05) is 24.3 Å². The third-order valence-electron chi connectivity index (χ3n) is 3.74. The predicted molar refractivity (Wildman–Crippen MR) is 106 cm³/mol. The van der Waals surface area contributed by atoms with E-state index >= 15 is 0 Å². The van der Waals surface area contributed by atoms with E-state index in [-0.39, 0.29) is 10.8 Å². The molecule has 3 aromatic carbocycles. The van der Waals surface area contributed by atoms with E-state index < -0.39 is 5.91 Å². The Morgan fingerprint density at radius 3 is 2.62 bits per heavy atom. The van der Waals surface area contributed by atoms with E-state index in [4.69, 9.17) is 16.3 Å². The largest absolute Gasteiger partial charge is 0.506 e. The Balaban J connectivity index is 1.85. The van der Waals surface area contributed by atoms with Gasteiger partial charge in [-0.25, -0.2) is 5.43 Å². The number of ether oxygens (including phenoxy) is 1. The molecule has 0 radical (unpaired) electrons. The topological polar surface area (TPSA) is 70.9 Å². The minimum atomic E-state index is -0.426. The Labute approximate surface area is 163 Å². The molecule has 0 aliphatic carbocycles. The second-order valence-electron chi connectivity index (χ2n) is 5.42. The predicted octanol–water partition coefficient (Wildman–Crippen LogP) is 4.73. The molecule has 0 saturated heterocycles. The van der Waals surface area contributed by atoms with E-state index in [0.717, 1.165) is 10.8 Å². The summed E-state index contributed by atoms with van der Waals surface area (Å²) in [6.07, 6.45) is 1.32. The molecule has 26 heavy (non-hydrogen) atoms. The monoisotopic (exact) mass is 432 g/mol. The highest BCUT2D eigenvalue weighted by Gasteiger charge is 2.13. The fourth-order valence-electron chi connectivity index (χ4n) is 2.47. The normalized spacial score (nSPS) is 11.0. The quantitative estimate of drug-likeness (QED) is 0.461. The number of halogens is 2. The molecule has 0 aliphatic heterocycles. The fourth-order valence-corrected chi connectivity index (χ4v) is 3.30. The van der Waals surface area contributed by atoms with Crippen molar-refractivity contribution in [1.29, 1.82) is 0 Å². The molecule has 0 spiro atoms. The molecule has 0 fully saturated rings. The molecule has 2 N–H and O–H groups in total. The summed E-state index contributed by atoms with van der Waals surface area (Å²) >= 11 is 9.19. The first-order valence-corrected chi connectivity index (χ1v) is 8.75. The van der Waals surface area contributed by atoms with Gasteiger partial charge in [0.25, 0.3) is 5.91 Å². The summed E-state index contributed by atoms with van der Waals surface area (Å²) in [5.41, 5.74) is 3.17. The van der Waals surface area contributed by atoms with Crippen LogP contribution < -0.4 is 10.2 Å². The van der Waals surface area contributed by atoms with Crippen molar-refractivity contribution in [2.24, 2.45) is 5.10 Å². The van der Waals surface area contributed by atoms with Crippen LogP contribution in [0.5, 0.6) is 11.5 Å². The summed E-state index contributed by atoms with van der Waals surface area (Å²) in [7, 11) is 1.51. The number of hydrogen-bond acceptors (Lipinski definition) is 4. The van der Waals surface area contributed by atoms with Crippen molar-refractivity contribution in [1.82, 2.24) is 5.43 Å². The number of rotatable bonds is 4. The zero-order valence-corrected chi connectivity index (χ0v) is 16.0. The van der Waals surface area contributed by atoms with Gasteiger partial charge in [-0.1, -0.05) is 51.8 Å². The molecule has 0 saturated carbocycles. The molecular formula is C19H14BrClN2O3. The highest BCUT2D eigenvalue weighted by molar-refractivity contribution is 9.10. The lowest BCUT2D eigenvalue weighted by Crippen LogP contribution is -2.18. The number of amides is 1. The molecule has 7 heteroatoms. The van der Waals surface area contributed by atoms with Crippen LogP contribution in [0.1, 0.15) is 15.9 Å². The number of phenolic OH excluding ortho intramolecular Hbond substituents is 1. The SMILES string of the molecule is COc1cc2ccccc2cc1C(=O)N/N=C/c1cc(Br)cc(Cl)c1O. The maximum Gasteiger partial charge on any atom is 0.275 e. The number of benzene rings is 3. The van der Waals surface area contributed by atoms with Crippen molar-refractivity contribution in [3.05, 3.63) is 69.2 Å². The van der Waals surface area contributed by atoms with Gasteiger partial charge < -0.3 is 9.84 Å². The number of fused-ring (bicyclic) bond motifs is 1. The number of hydrogen-bond donors (Lipinski definition) is 2. The Morgan fingerprint density at radius 1 is 1.23 bits per heavy atom. The lowest BCUT2D eigenvalue weighted by atomic mass is 10.1. The Kier molecular flexibility index (Phi) is 5.44.